The van der Waals surface area contributed by atoms with Crippen LogP contribution in [0.1, 0.15) is 49.0 Å². The minimum Gasteiger partial charge on any atom is -0.385 e. The van der Waals surface area contributed by atoms with Crippen LogP contribution in [0.5, 0.6) is 0 Å². The quantitative estimate of drug-likeness (QED) is 0.812. The first-order valence-electron chi connectivity index (χ1n) is 8.59. The zero-order valence-electron chi connectivity index (χ0n) is 14.2. The first-order chi connectivity index (χ1) is 11.2. The van der Waals surface area contributed by atoms with E-state index in [1.54, 1.807) is 4.90 Å². The summed E-state index contributed by atoms with van der Waals surface area (Å²) in [5.41, 5.74) is 2.86. The number of nitrogens with one attached hydrogen (secondary N) is 2. The molecular weight excluding hydrogens is 290 g/mol. The van der Waals surface area contributed by atoms with Gasteiger partial charge in [0, 0.05) is 30.9 Å². The van der Waals surface area contributed by atoms with E-state index in [0.717, 1.165) is 49.0 Å². The average molecular weight is 317 g/mol. The number of hydrogen-bond acceptors (Lipinski definition) is 3. The van der Waals surface area contributed by atoms with E-state index in [2.05, 4.69) is 10.6 Å². The van der Waals surface area contributed by atoms with Crippen LogP contribution in [0.4, 0.5) is 5.69 Å². The van der Waals surface area contributed by atoms with Crippen molar-refractivity contribution in [1.82, 2.24) is 10.2 Å². The predicted octanol–water partition coefficient (Wildman–Crippen LogP) is 2.42. The maximum Gasteiger partial charge on any atom is 0.254 e. The van der Waals surface area contributed by atoms with E-state index in [9.17, 15) is 9.59 Å². The van der Waals surface area contributed by atoms with E-state index in [1.807, 2.05) is 32.0 Å². The van der Waals surface area contributed by atoms with Crippen LogP contribution in [0.3, 0.4) is 0 Å². The van der Waals surface area contributed by atoms with Crippen LogP contribution in [0.25, 0.3) is 0 Å². The van der Waals surface area contributed by atoms with Crippen LogP contribution in [-0.4, -0.2) is 42.9 Å². The smallest absolute Gasteiger partial charge is 0.254 e. The molecule has 0 bridgehead atoms. The van der Waals surface area contributed by atoms with Gasteiger partial charge in [-0.1, -0.05) is 19.9 Å². The lowest BCUT2D eigenvalue weighted by Crippen LogP contribution is -2.41. The molecule has 23 heavy (non-hydrogen) atoms. The van der Waals surface area contributed by atoms with Crippen molar-refractivity contribution in [2.45, 2.75) is 39.5 Å². The highest BCUT2D eigenvalue weighted by molar-refractivity contribution is 5.99. The fourth-order valence-corrected chi connectivity index (χ4v) is 2.90. The molecule has 2 N–H and O–H groups in total. The number of hydrogen-bond donors (Lipinski definition) is 2. The minimum atomic E-state index is -0.0865. The van der Waals surface area contributed by atoms with Crippen LogP contribution in [0.2, 0.25) is 0 Å². The van der Waals surface area contributed by atoms with Gasteiger partial charge in [0.05, 0.1) is 6.54 Å². The molecule has 0 unspecified atom stereocenters. The molecule has 0 aliphatic carbocycles. The summed E-state index contributed by atoms with van der Waals surface area (Å²) < 4.78 is 0. The van der Waals surface area contributed by atoms with E-state index in [1.165, 1.54) is 0 Å². The zero-order chi connectivity index (χ0) is 16.7. The van der Waals surface area contributed by atoms with Gasteiger partial charge in [0.15, 0.2) is 0 Å². The molecule has 0 radical (unpaired) electrons. The molecule has 5 nitrogen and oxygen atoms in total. The number of fused-ring (bicyclic) bond motifs is 1. The molecule has 0 saturated carbocycles. The minimum absolute atomic E-state index is 0.0425. The Bertz CT molecular complexity index is 557. The lowest BCUT2D eigenvalue weighted by Gasteiger charge is -2.25. The van der Waals surface area contributed by atoms with Crippen LogP contribution in [0, 0.1) is 0 Å². The molecule has 1 heterocycles. The second-order valence-electron chi connectivity index (χ2n) is 5.94. The Morgan fingerprint density at radius 2 is 2.09 bits per heavy atom. The third kappa shape index (κ3) is 4.47. The SMILES string of the molecule is CCCNC(=O)CN(CCC)C(=O)c1cccc2c1CCCN2. The summed E-state index contributed by atoms with van der Waals surface area (Å²) in [7, 11) is 0. The normalized spacial score (nSPS) is 13.0. The van der Waals surface area contributed by atoms with Crippen molar-refractivity contribution in [3.8, 4) is 0 Å². The molecular formula is C18H27N3O2. The van der Waals surface area contributed by atoms with Crippen molar-refractivity contribution in [2.75, 3.05) is 31.5 Å². The zero-order valence-corrected chi connectivity index (χ0v) is 14.2. The number of rotatable bonds is 7. The van der Waals surface area contributed by atoms with E-state index in [0.29, 0.717) is 13.1 Å². The molecule has 2 amide bonds. The fourth-order valence-electron chi connectivity index (χ4n) is 2.90. The van der Waals surface area contributed by atoms with Gasteiger partial charge < -0.3 is 15.5 Å². The first-order valence-corrected chi connectivity index (χ1v) is 8.59. The monoisotopic (exact) mass is 317 g/mol. The molecule has 2 rings (SSSR count). The maximum atomic E-state index is 12.9. The summed E-state index contributed by atoms with van der Waals surface area (Å²) >= 11 is 0. The number of amides is 2. The Hall–Kier alpha value is -2.04. The number of anilines is 1. The van der Waals surface area contributed by atoms with E-state index < -0.39 is 0 Å². The fraction of sp³-hybridized carbons (Fsp3) is 0.556. The topological polar surface area (TPSA) is 61.4 Å². The number of carbonyl (C=O) groups is 2. The Kier molecular flexibility index (Phi) is 6.44. The molecule has 0 atom stereocenters. The van der Waals surface area contributed by atoms with Gasteiger partial charge in [-0.05, 0) is 43.4 Å². The van der Waals surface area contributed by atoms with Crippen molar-refractivity contribution in [1.29, 1.82) is 0 Å². The lowest BCUT2D eigenvalue weighted by molar-refractivity contribution is -0.121. The summed E-state index contributed by atoms with van der Waals surface area (Å²) in [5, 5.41) is 6.19. The summed E-state index contributed by atoms with van der Waals surface area (Å²) in [6.07, 6.45) is 3.67. The van der Waals surface area contributed by atoms with Crippen molar-refractivity contribution in [2.24, 2.45) is 0 Å². The molecule has 0 fully saturated rings. The van der Waals surface area contributed by atoms with Crippen LogP contribution in [0.15, 0.2) is 18.2 Å². The number of carbonyl (C=O) groups excluding carboxylic acids is 2. The third-order valence-corrected chi connectivity index (χ3v) is 4.01. The summed E-state index contributed by atoms with van der Waals surface area (Å²) in [6, 6.07) is 5.80. The molecule has 1 aromatic rings. The molecule has 0 aromatic heterocycles. The van der Waals surface area contributed by atoms with Crippen molar-refractivity contribution < 1.29 is 9.59 Å². The summed E-state index contributed by atoms with van der Waals surface area (Å²) in [4.78, 5) is 26.6. The molecule has 1 aliphatic heterocycles. The Morgan fingerprint density at radius 1 is 1.26 bits per heavy atom. The van der Waals surface area contributed by atoms with Crippen molar-refractivity contribution >= 4 is 17.5 Å². The maximum absolute atomic E-state index is 12.9. The van der Waals surface area contributed by atoms with Gasteiger partial charge in [-0.25, -0.2) is 0 Å². The Balaban J connectivity index is 2.16. The largest absolute Gasteiger partial charge is 0.385 e. The molecule has 5 heteroatoms. The van der Waals surface area contributed by atoms with Crippen molar-refractivity contribution in [3.63, 3.8) is 0 Å². The predicted molar refractivity (Wildman–Crippen MR) is 92.7 cm³/mol. The molecule has 126 valence electrons. The van der Waals surface area contributed by atoms with Gasteiger partial charge in [0.2, 0.25) is 5.91 Å². The number of nitrogens with zero attached hydrogens (tertiary/aromatic N) is 1. The third-order valence-electron chi connectivity index (χ3n) is 4.01. The first kappa shape index (κ1) is 17.3. The van der Waals surface area contributed by atoms with Gasteiger partial charge in [0.25, 0.3) is 5.91 Å². The second kappa shape index (κ2) is 8.56. The molecule has 1 aliphatic rings. The summed E-state index contributed by atoms with van der Waals surface area (Å²) in [5.74, 6) is -0.129. The second-order valence-corrected chi connectivity index (χ2v) is 5.94. The van der Waals surface area contributed by atoms with Crippen molar-refractivity contribution in [3.05, 3.63) is 29.3 Å². The van der Waals surface area contributed by atoms with Gasteiger partial charge in [-0.3, -0.25) is 9.59 Å². The van der Waals surface area contributed by atoms with Gasteiger partial charge in [-0.2, -0.15) is 0 Å². The lowest BCUT2D eigenvalue weighted by atomic mass is 9.96. The van der Waals surface area contributed by atoms with Crippen LogP contribution in [-0.2, 0) is 11.2 Å². The van der Waals surface area contributed by atoms with E-state index in [-0.39, 0.29) is 18.4 Å². The Labute approximate surface area is 138 Å². The van der Waals surface area contributed by atoms with Crippen LogP contribution < -0.4 is 10.6 Å². The van der Waals surface area contributed by atoms with Gasteiger partial charge >= 0.3 is 0 Å². The summed E-state index contributed by atoms with van der Waals surface area (Å²) in [6.45, 7) is 6.35. The highest BCUT2D eigenvalue weighted by Crippen LogP contribution is 2.26. The number of benzene rings is 1. The van der Waals surface area contributed by atoms with E-state index >= 15 is 0 Å². The van der Waals surface area contributed by atoms with Gasteiger partial charge in [-0.15, -0.1) is 0 Å². The Morgan fingerprint density at radius 3 is 2.83 bits per heavy atom. The highest BCUT2D eigenvalue weighted by Gasteiger charge is 2.23. The van der Waals surface area contributed by atoms with Gasteiger partial charge in [0.1, 0.15) is 0 Å². The molecule has 0 saturated heterocycles. The average Bonchev–Trinajstić information content (AvgIpc) is 2.58. The standard InChI is InChI=1S/C18H27N3O2/c1-3-10-20-17(22)13-21(12-4-2)18(23)15-7-5-9-16-14(15)8-6-11-19-16/h5,7,9,19H,3-4,6,8,10-13H2,1-2H3,(H,20,22). The van der Waals surface area contributed by atoms with Crippen LogP contribution >= 0.6 is 0 Å². The van der Waals surface area contributed by atoms with E-state index in [4.69, 9.17) is 0 Å². The molecule has 0 spiro atoms. The molecule has 1 aromatic carbocycles. The highest BCUT2D eigenvalue weighted by atomic mass is 16.2.